The molecule has 2 heteroatoms. The van der Waals surface area contributed by atoms with Gasteiger partial charge in [-0.05, 0) is 41.9 Å². The lowest BCUT2D eigenvalue weighted by Crippen LogP contribution is -2.36. The average molecular weight is 243 g/mol. The predicted molar refractivity (Wildman–Crippen MR) is 72.4 cm³/mol. The van der Waals surface area contributed by atoms with E-state index in [0.29, 0.717) is 17.7 Å². The molecule has 0 N–H and O–H groups in total. The Hall–Kier alpha value is -1.31. The summed E-state index contributed by atoms with van der Waals surface area (Å²) in [6.07, 6.45) is 3.23. The van der Waals surface area contributed by atoms with Crippen molar-refractivity contribution in [3.63, 3.8) is 0 Å². The Morgan fingerprint density at radius 3 is 2.72 bits per heavy atom. The lowest BCUT2D eigenvalue weighted by atomic mass is 9.93. The van der Waals surface area contributed by atoms with Crippen LogP contribution in [0.25, 0.3) is 0 Å². The fourth-order valence-corrected chi connectivity index (χ4v) is 2.71. The monoisotopic (exact) mass is 243 g/mol. The molecule has 0 spiro atoms. The van der Waals surface area contributed by atoms with Crippen LogP contribution in [-0.2, 0) is 17.8 Å². The first kappa shape index (κ1) is 11.8. The van der Waals surface area contributed by atoms with Gasteiger partial charge in [0.15, 0.2) is 0 Å². The molecule has 0 saturated heterocycles. The molecule has 1 fully saturated rings. The van der Waals surface area contributed by atoms with Gasteiger partial charge in [-0.15, -0.1) is 0 Å². The Balaban J connectivity index is 1.81. The number of rotatable bonds is 2. The highest BCUT2D eigenvalue weighted by Crippen LogP contribution is 2.33. The minimum atomic E-state index is 0.347. The molecule has 1 aliphatic heterocycles. The molecular formula is C16H21NO. The predicted octanol–water partition coefficient (Wildman–Crippen LogP) is 3.10. The molecule has 0 radical (unpaired) electrons. The average Bonchev–Trinajstić information content (AvgIpc) is 3.20. The van der Waals surface area contributed by atoms with Crippen LogP contribution in [0.2, 0.25) is 0 Å². The maximum atomic E-state index is 12.1. The lowest BCUT2D eigenvalue weighted by Gasteiger charge is -2.29. The molecule has 0 atom stereocenters. The maximum absolute atomic E-state index is 12.1. The van der Waals surface area contributed by atoms with Gasteiger partial charge in [0, 0.05) is 19.0 Å². The van der Waals surface area contributed by atoms with Gasteiger partial charge >= 0.3 is 0 Å². The second-order valence-electron chi connectivity index (χ2n) is 5.97. The van der Waals surface area contributed by atoms with E-state index in [2.05, 4.69) is 36.9 Å². The van der Waals surface area contributed by atoms with E-state index in [0.717, 1.165) is 32.4 Å². The van der Waals surface area contributed by atoms with Crippen molar-refractivity contribution in [3.05, 3.63) is 34.9 Å². The second-order valence-corrected chi connectivity index (χ2v) is 5.97. The largest absolute Gasteiger partial charge is 0.338 e. The Bertz CT molecular complexity index is 474. The van der Waals surface area contributed by atoms with Gasteiger partial charge < -0.3 is 4.90 Å². The SMILES string of the molecule is CC(C)c1ccc2c(c1)CN(C(=O)C1CC1)CC2. The minimum absolute atomic E-state index is 0.347. The van der Waals surface area contributed by atoms with E-state index in [4.69, 9.17) is 0 Å². The third kappa shape index (κ3) is 2.16. The van der Waals surface area contributed by atoms with Gasteiger partial charge in [0.2, 0.25) is 5.91 Å². The summed E-state index contributed by atoms with van der Waals surface area (Å²) in [5.74, 6) is 1.29. The Labute approximate surface area is 109 Å². The van der Waals surface area contributed by atoms with Crippen LogP contribution in [0.4, 0.5) is 0 Å². The summed E-state index contributed by atoms with van der Waals surface area (Å²) in [7, 11) is 0. The van der Waals surface area contributed by atoms with Crippen LogP contribution in [0.1, 0.15) is 49.3 Å². The van der Waals surface area contributed by atoms with Gasteiger partial charge in [-0.2, -0.15) is 0 Å². The van der Waals surface area contributed by atoms with Crippen LogP contribution in [0.15, 0.2) is 18.2 Å². The van der Waals surface area contributed by atoms with E-state index >= 15 is 0 Å². The summed E-state index contributed by atoms with van der Waals surface area (Å²) in [6.45, 7) is 6.17. The lowest BCUT2D eigenvalue weighted by molar-refractivity contribution is -0.133. The summed E-state index contributed by atoms with van der Waals surface area (Å²) in [5, 5.41) is 0. The van der Waals surface area contributed by atoms with Crippen molar-refractivity contribution in [1.82, 2.24) is 4.90 Å². The number of carbonyl (C=O) groups excluding carboxylic acids is 1. The topological polar surface area (TPSA) is 20.3 Å². The Morgan fingerprint density at radius 1 is 1.28 bits per heavy atom. The molecule has 0 bridgehead atoms. The molecule has 1 amide bonds. The van der Waals surface area contributed by atoms with Gasteiger partial charge in [-0.1, -0.05) is 32.0 Å². The number of hydrogen-bond acceptors (Lipinski definition) is 1. The molecule has 1 aromatic carbocycles. The fourth-order valence-electron chi connectivity index (χ4n) is 2.71. The molecule has 18 heavy (non-hydrogen) atoms. The number of hydrogen-bond donors (Lipinski definition) is 0. The maximum Gasteiger partial charge on any atom is 0.225 e. The van der Waals surface area contributed by atoms with Crippen molar-refractivity contribution in [2.75, 3.05) is 6.54 Å². The third-order valence-corrected chi connectivity index (χ3v) is 4.15. The van der Waals surface area contributed by atoms with E-state index < -0.39 is 0 Å². The van der Waals surface area contributed by atoms with Gasteiger partial charge in [0.05, 0.1) is 0 Å². The molecular weight excluding hydrogens is 222 g/mol. The van der Waals surface area contributed by atoms with Crippen molar-refractivity contribution in [3.8, 4) is 0 Å². The molecule has 3 rings (SSSR count). The van der Waals surface area contributed by atoms with E-state index in [1.54, 1.807) is 0 Å². The van der Waals surface area contributed by atoms with Crippen LogP contribution in [0.3, 0.4) is 0 Å². The minimum Gasteiger partial charge on any atom is -0.338 e. The molecule has 1 saturated carbocycles. The zero-order chi connectivity index (χ0) is 12.7. The number of benzene rings is 1. The van der Waals surface area contributed by atoms with Crippen molar-refractivity contribution in [2.45, 2.75) is 45.6 Å². The molecule has 1 aliphatic carbocycles. The molecule has 2 aliphatic rings. The Morgan fingerprint density at radius 2 is 2.06 bits per heavy atom. The van der Waals surface area contributed by atoms with Gasteiger partial charge in [-0.25, -0.2) is 0 Å². The van der Waals surface area contributed by atoms with Crippen LogP contribution in [0, 0.1) is 5.92 Å². The van der Waals surface area contributed by atoms with Crippen LogP contribution < -0.4 is 0 Å². The van der Waals surface area contributed by atoms with Crippen molar-refractivity contribution >= 4 is 5.91 Å². The molecule has 96 valence electrons. The Kier molecular flexibility index (Phi) is 2.89. The summed E-state index contributed by atoms with van der Waals surface area (Å²) >= 11 is 0. The molecule has 0 unspecified atom stereocenters. The molecule has 0 aromatic heterocycles. The van der Waals surface area contributed by atoms with Gasteiger partial charge in [-0.3, -0.25) is 4.79 Å². The third-order valence-electron chi connectivity index (χ3n) is 4.15. The van der Waals surface area contributed by atoms with E-state index in [1.807, 2.05) is 0 Å². The summed E-state index contributed by atoms with van der Waals surface area (Å²) in [4.78, 5) is 14.2. The zero-order valence-electron chi connectivity index (χ0n) is 11.3. The van der Waals surface area contributed by atoms with Gasteiger partial charge in [0.25, 0.3) is 0 Å². The first-order valence-corrected chi connectivity index (χ1v) is 7.05. The summed E-state index contributed by atoms with van der Waals surface area (Å²) < 4.78 is 0. The molecule has 1 heterocycles. The normalized spacial score (nSPS) is 18.9. The number of carbonyl (C=O) groups is 1. The highest BCUT2D eigenvalue weighted by Gasteiger charge is 2.34. The zero-order valence-corrected chi connectivity index (χ0v) is 11.3. The summed E-state index contributed by atoms with van der Waals surface area (Å²) in [6, 6.07) is 6.79. The molecule has 2 nitrogen and oxygen atoms in total. The highest BCUT2D eigenvalue weighted by molar-refractivity contribution is 5.81. The van der Waals surface area contributed by atoms with Crippen LogP contribution >= 0.6 is 0 Å². The van der Waals surface area contributed by atoms with E-state index in [9.17, 15) is 4.79 Å². The smallest absolute Gasteiger partial charge is 0.225 e. The van der Waals surface area contributed by atoms with Crippen LogP contribution in [0.5, 0.6) is 0 Å². The quantitative estimate of drug-likeness (QED) is 0.781. The van der Waals surface area contributed by atoms with Crippen LogP contribution in [-0.4, -0.2) is 17.4 Å². The first-order valence-electron chi connectivity index (χ1n) is 7.05. The van der Waals surface area contributed by atoms with E-state index in [1.165, 1.54) is 16.7 Å². The fraction of sp³-hybridized carbons (Fsp3) is 0.562. The number of fused-ring (bicyclic) bond motifs is 1. The highest BCUT2D eigenvalue weighted by atomic mass is 16.2. The number of amides is 1. The standard InChI is InChI=1S/C16H21NO/c1-11(2)14-6-3-12-7-8-17(10-15(12)9-14)16(18)13-4-5-13/h3,6,9,11,13H,4-5,7-8,10H2,1-2H3. The molecule has 1 aromatic rings. The summed E-state index contributed by atoms with van der Waals surface area (Å²) in [5.41, 5.74) is 4.18. The van der Waals surface area contributed by atoms with Crippen molar-refractivity contribution in [2.24, 2.45) is 5.92 Å². The van der Waals surface area contributed by atoms with E-state index in [-0.39, 0.29) is 0 Å². The van der Waals surface area contributed by atoms with Crippen molar-refractivity contribution < 1.29 is 4.79 Å². The first-order chi connectivity index (χ1) is 8.65. The van der Waals surface area contributed by atoms with Crippen molar-refractivity contribution in [1.29, 1.82) is 0 Å². The number of nitrogens with zero attached hydrogens (tertiary/aromatic N) is 1. The van der Waals surface area contributed by atoms with Gasteiger partial charge in [0.1, 0.15) is 0 Å². The second kappa shape index (κ2) is 4.42.